The van der Waals surface area contributed by atoms with E-state index in [0.29, 0.717) is 17.9 Å². The van der Waals surface area contributed by atoms with Crippen LogP contribution in [-0.4, -0.2) is 25.2 Å². The molecule has 0 bridgehead atoms. The Bertz CT molecular complexity index is 575. The van der Waals surface area contributed by atoms with E-state index in [2.05, 4.69) is 0 Å². The van der Waals surface area contributed by atoms with Gasteiger partial charge in [-0.05, 0) is 37.5 Å². The van der Waals surface area contributed by atoms with Crippen molar-refractivity contribution in [1.82, 2.24) is 0 Å². The van der Waals surface area contributed by atoms with Gasteiger partial charge in [0.25, 0.3) is 0 Å². The Morgan fingerprint density at radius 3 is 2.56 bits per heavy atom. The third kappa shape index (κ3) is 2.67. The van der Waals surface area contributed by atoms with Gasteiger partial charge in [-0.2, -0.15) is 0 Å². The number of halogens is 1. The van der Waals surface area contributed by atoms with Crippen LogP contribution in [0.4, 0.5) is 0 Å². The van der Waals surface area contributed by atoms with E-state index in [4.69, 9.17) is 16.7 Å². The van der Waals surface area contributed by atoms with Crippen LogP contribution in [0.2, 0.25) is 5.02 Å². The second-order valence-corrected chi connectivity index (χ2v) is 7.16. The monoisotopic (exact) mass is 288 g/mol. The van der Waals surface area contributed by atoms with Crippen molar-refractivity contribution in [3.63, 3.8) is 0 Å². The zero-order chi connectivity index (χ0) is 13.4. The highest BCUT2D eigenvalue weighted by Crippen LogP contribution is 2.49. The van der Waals surface area contributed by atoms with E-state index in [1.165, 1.54) is 12.1 Å². The fraction of sp³-hybridized carbons (Fsp3) is 0.417. The Morgan fingerprint density at radius 1 is 1.39 bits per heavy atom. The van der Waals surface area contributed by atoms with Crippen LogP contribution in [0.25, 0.3) is 0 Å². The summed E-state index contributed by atoms with van der Waals surface area (Å²) in [6.07, 6.45) is 1.29. The van der Waals surface area contributed by atoms with E-state index >= 15 is 0 Å². The van der Waals surface area contributed by atoms with Crippen LogP contribution in [0, 0.1) is 5.41 Å². The Morgan fingerprint density at radius 2 is 2.06 bits per heavy atom. The summed E-state index contributed by atoms with van der Waals surface area (Å²) < 4.78 is 24.1. The highest BCUT2D eigenvalue weighted by Gasteiger charge is 2.50. The second kappa shape index (κ2) is 4.55. The van der Waals surface area contributed by atoms with Gasteiger partial charge >= 0.3 is 5.97 Å². The number of carboxylic acid groups (broad SMARTS) is 1. The average molecular weight is 289 g/mol. The molecule has 0 heterocycles. The molecule has 0 spiro atoms. The van der Waals surface area contributed by atoms with Gasteiger partial charge in [0.1, 0.15) is 0 Å². The molecule has 1 aliphatic rings. The standard InChI is InChI=1S/C12H13ClO4S/c13-9-2-1-3-10(8-9)18(16,17)7-6-12(4-5-12)11(14)15/h1-3,8H,4-7H2,(H,14,15). The summed E-state index contributed by atoms with van der Waals surface area (Å²) in [6, 6.07) is 6.03. The van der Waals surface area contributed by atoms with Crippen molar-refractivity contribution in [3.05, 3.63) is 29.3 Å². The van der Waals surface area contributed by atoms with E-state index in [0.717, 1.165) is 0 Å². The lowest BCUT2D eigenvalue weighted by molar-refractivity contribution is -0.143. The first-order chi connectivity index (χ1) is 8.36. The van der Waals surface area contributed by atoms with Crippen molar-refractivity contribution < 1.29 is 18.3 Å². The van der Waals surface area contributed by atoms with Crippen LogP contribution in [-0.2, 0) is 14.6 Å². The minimum absolute atomic E-state index is 0.149. The number of benzene rings is 1. The minimum atomic E-state index is -3.46. The summed E-state index contributed by atoms with van der Waals surface area (Å²) in [5, 5.41) is 9.36. The quantitative estimate of drug-likeness (QED) is 0.903. The van der Waals surface area contributed by atoms with Crippen LogP contribution in [0.5, 0.6) is 0 Å². The summed E-state index contributed by atoms with van der Waals surface area (Å²) in [6.45, 7) is 0. The molecule has 0 aliphatic heterocycles. The molecule has 1 aromatic carbocycles. The number of carboxylic acids is 1. The van der Waals surface area contributed by atoms with Crippen molar-refractivity contribution in [3.8, 4) is 0 Å². The molecular weight excluding hydrogens is 276 g/mol. The van der Waals surface area contributed by atoms with Crippen LogP contribution in [0.15, 0.2) is 29.2 Å². The molecule has 1 saturated carbocycles. The van der Waals surface area contributed by atoms with Crippen molar-refractivity contribution in [2.24, 2.45) is 5.41 Å². The fourth-order valence-corrected chi connectivity index (χ4v) is 3.57. The minimum Gasteiger partial charge on any atom is -0.481 e. The molecule has 4 nitrogen and oxygen atoms in total. The maximum Gasteiger partial charge on any atom is 0.309 e. The number of rotatable bonds is 5. The molecule has 2 rings (SSSR count). The maximum atomic E-state index is 12.0. The number of carbonyl (C=O) groups is 1. The fourth-order valence-electron chi connectivity index (χ4n) is 1.83. The Kier molecular flexibility index (Phi) is 3.38. The zero-order valence-corrected chi connectivity index (χ0v) is 11.2. The van der Waals surface area contributed by atoms with Gasteiger partial charge in [-0.15, -0.1) is 0 Å². The van der Waals surface area contributed by atoms with E-state index in [1.54, 1.807) is 12.1 Å². The van der Waals surface area contributed by atoms with Crippen molar-refractivity contribution in [2.45, 2.75) is 24.2 Å². The molecule has 0 saturated heterocycles. The lowest BCUT2D eigenvalue weighted by atomic mass is 10.1. The molecule has 0 unspecified atom stereocenters. The molecule has 18 heavy (non-hydrogen) atoms. The SMILES string of the molecule is O=C(O)C1(CCS(=O)(=O)c2cccc(Cl)c2)CC1. The van der Waals surface area contributed by atoms with Gasteiger partial charge in [0, 0.05) is 5.02 Å². The lowest BCUT2D eigenvalue weighted by Crippen LogP contribution is -2.19. The summed E-state index contributed by atoms with van der Waals surface area (Å²) in [7, 11) is -3.46. The summed E-state index contributed by atoms with van der Waals surface area (Å²) in [4.78, 5) is 11.1. The second-order valence-electron chi connectivity index (χ2n) is 4.61. The highest BCUT2D eigenvalue weighted by atomic mass is 35.5. The van der Waals surface area contributed by atoms with Crippen LogP contribution < -0.4 is 0 Å². The average Bonchev–Trinajstić information content (AvgIpc) is 3.07. The predicted molar refractivity (Wildman–Crippen MR) is 67.4 cm³/mol. The first-order valence-electron chi connectivity index (χ1n) is 5.57. The van der Waals surface area contributed by atoms with Crippen molar-refractivity contribution >= 4 is 27.4 Å². The number of aliphatic carboxylic acids is 1. The number of hydrogen-bond donors (Lipinski definition) is 1. The van der Waals surface area contributed by atoms with E-state index in [-0.39, 0.29) is 17.1 Å². The zero-order valence-electron chi connectivity index (χ0n) is 9.60. The predicted octanol–water partition coefficient (Wildman–Crippen LogP) is 2.37. The Balaban J connectivity index is 2.11. The molecular formula is C12H13ClO4S. The molecule has 1 aliphatic carbocycles. The van der Waals surface area contributed by atoms with Gasteiger partial charge in [-0.3, -0.25) is 4.79 Å². The molecule has 1 N–H and O–H groups in total. The first-order valence-corrected chi connectivity index (χ1v) is 7.61. The van der Waals surface area contributed by atoms with Crippen molar-refractivity contribution in [1.29, 1.82) is 0 Å². The van der Waals surface area contributed by atoms with Gasteiger partial charge in [0.2, 0.25) is 0 Å². The molecule has 0 radical (unpaired) electrons. The topological polar surface area (TPSA) is 71.4 Å². The summed E-state index contributed by atoms with van der Waals surface area (Å²) in [5.74, 6) is -1.05. The van der Waals surface area contributed by atoms with Crippen molar-refractivity contribution in [2.75, 3.05) is 5.75 Å². The smallest absolute Gasteiger partial charge is 0.309 e. The van der Waals surface area contributed by atoms with Gasteiger partial charge in [-0.1, -0.05) is 17.7 Å². The van der Waals surface area contributed by atoms with E-state index in [9.17, 15) is 13.2 Å². The largest absolute Gasteiger partial charge is 0.481 e. The molecule has 0 amide bonds. The van der Waals surface area contributed by atoms with Crippen LogP contribution >= 0.6 is 11.6 Å². The lowest BCUT2D eigenvalue weighted by Gasteiger charge is -2.10. The molecule has 1 fully saturated rings. The van der Waals surface area contributed by atoms with Gasteiger partial charge < -0.3 is 5.11 Å². The van der Waals surface area contributed by atoms with Gasteiger partial charge in [0.15, 0.2) is 9.84 Å². The summed E-state index contributed by atoms with van der Waals surface area (Å²) >= 11 is 5.75. The third-order valence-corrected chi connectivity index (χ3v) is 5.26. The number of sulfone groups is 1. The molecule has 0 atom stereocenters. The third-order valence-electron chi connectivity index (χ3n) is 3.31. The van der Waals surface area contributed by atoms with E-state index in [1.807, 2.05) is 0 Å². The number of hydrogen-bond acceptors (Lipinski definition) is 3. The normalized spacial score (nSPS) is 17.4. The molecule has 0 aromatic heterocycles. The van der Waals surface area contributed by atoms with Crippen LogP contribution in [0.3, 0.4) is 0 Å². The van der Waals surface area contributed by atoms with Gasteiger partial charge in [0.05, 0.1) is 16.1 Å². The first kappa shape index (κ1) is 13.4. The Hall–Kier alpha value is -1.07. The highest BCUT2D eigenvalue weighted by molar-refractivity contribution is 7.91. The summed E-state index contributed by atoms with van der Waals surface area (Å²) in [5.41, 5.74) is -0.814. The van der Waals surface area contributed by atoms with E-state index < -0.39 is 21.2 Å². The molecule has 1 aromatic rings. The Labute approximate surface area is 110 Å². The van der Waals surface area contributed by atoms with Crippen LogP contribution in [0.1, 0.15) is 19.3 Å². The van der Waals surface area contributed by atoms with Gasteiger partial charge in [-0.25, -0.2) is 8.42 Å². The maximum absolute atomic E-state index is 12.0. The molecule has 98 valence electrons. The molecule has 6 heteroatoms.